The van der Waals surface area contributed by atoms with Gasteiger partial charge in [0.05, 0.1) is 22.3 Å². The monoisotopic (exact) mass is 427 g/mol. The molecule has 30 heavy (non-hydrogen) atoms. The molecule has 1 N–H and O–H groups in total. The van der Waals surface area contributed by atoms with E-state index in [1.54, 1.807) is 41.0 Å². The van der Waals surface area contributed by atoms with Crippen LogP contribution in [0.15, 0.2) is 35.4 Å². The Kier molecular flexibility index (Phi) is 5.11. The van der Waals surface area contributed by atoms with Crippen LogP contribution < -0.4 is 5.32 Å². The van der Waals surface area contributed by atoms with Crippen LogP contribution in [0, 0.1) is 20.8 Å². The Hall–Kier alpha value is -2.78. The van der Waals surface area contributed by atoms with Crippen LogP contribution in [0.25, 0.3) is 5.65 Å². The van der Waals surface area contributed by atoms with Gasteiger partial charge in [0.2, 0.25) is 15.9 Å². The van der Waals surface area contributed by atoms with Crippen molar-refractivity contribution in [3.05, 3.63) is 53.0 Å². The zero-order valence-corrected chi connectivity index (χ0v) is 18.3. The number of fused-ring (bicyclic) bond motifs is 1. The molecule has 0 spiro atoms. The zero-order chi connectivity index (χ0) is 21.6. The molecule has 1 amide bonds. The lowest BCUT2D eigenvalue weighted by Gasteiger charge is -2.26. The fourth-order valence-corrected chi connectivity index (χ4v) is 6.08. The lowest BCUT2D eigenvalue weighted by molar-refractivity contribution is -0.114. The number of hydrogen-bond acceptors (Lipinski definition) is 5. The van der Waals surface area contributed by atoms with Crippen LogP contribution in [0.3, 0.4) is 0 Å². The van der Waals surface area contributed by atoms with E-state index in [2.05, 4.69) is 15.4 Å². The molecule has 1 aromatic carbocycles. The van der Waals surface area contributed by atoms with E-state index in [9.17, 15) is 13.2 Å². The molecule has 1 atom stereocenters. The van der Waals surface area contributed by atoms with Crippen molar-refractivity contribution in [1.29, 1.82) is 0 Å². The number of amides is 1. The summed E-state index contributed by atoms with van der Waals surface area (Å²) in [5, 5.41) is 7.26. The third-order valence-electron chi connectivity index (χ3n) is 5.47. The normalized spacial score (nSPS) is 17.5. The van der Waals surface area contributed by atoms with Crippen molar-refractivity contribution < 1.29 is 13.2 Å². The summed E-state index contributed by atoms with van der Waals surface area (Å²) in [4.78, 5) is 16.0. The van der Waals surface area contributed by atoms with E-state index in [4.69, 9.17) is 0 Å². The number of rotatable bonds is 4. The van der Waals surface area contributed by atoms with E-state index in [0.717, 1.165) is 24.2 Å². The van der Waals surface area contributed by atoms with E-state index < -0.39 is 10.0 Å². The minimum absolute atomic E-state index is 0.191. The smallest absolute Gasteiger partial charge is 0.243 e. The molecule has 0 bridgehead atoms. The fraction of sp³-hybridized carbons (Fsp3) is 0.381. The Labute approximate surface area is 176 Å². The zero-order valence-electron chi connectivity index (χ0n) is 17.5. The predicted octanol–water partition coefficient (Wildman–Crippen LogP) is 3.14. The Morgan fingerprint density at radius 3 is 2.67 bits per heavy atom. The minimum Gasteiger partial charge on any atom is -0.326 e. The molecule has 0 aliphatic carbocycles. The molecule has 3 aromatic rings. The van der Waals surface area contributed by atoms with Crippen molar-refractivity contribution in [2.45, 2.75) is 51.5 Å². The average Bonchev–Trinajstić information content (AvgIpc) is 3.29. The van der Waals surface area contributed by atoms with Gasteiger partial charge in [0, 0.05) is 31.4 Å². The number of nitrogens with zero attached hydrogens (tertiary/aromatic N) is 4. The maximum Gasteiger partial charge on any atom is 0.243 e. The van der Waals surface area contributed by atoms with Crippen LogP contribution in [-0.2, 0) is 14.8 Å². The number of carbonyl (C=O) groups excluding carboxylic acids is 1. The van der Waals surface area contributed by atoms with Crippen LogP contribution >= 0.6 is 0 Å². The van der Waals surface area contributed by atoms with Crippen LogP contribution in [0.5, 0.6) is 0 Å². The van der Waals surface area contributed by atoms with Crippen LogP contribution in [0.1, 0.15) is 48.3 Å². The molecule has 0 radical (unpaired) electrons. The van der Waals surface area contributed by atoms with Gasteiger partial charge in [-0.25, -0.2) is 17.9 Å². The molecule has 1 aliphatic heterocycles. The fourth-order valence-electron chi connectivity index (χ4n) is 4.12. The first kappa shape index (κ1) is 20.5. The van der Waals surface area contributed by atoms with E-state index in [1.807, 2.05) is 19.1 Å². The van der Waals surface area contributed by atoms with Gasteiger partial charge in [-0.05, 0) is 62.9 Å². The Balaban J connectivity index is 1.77. The van der Waals surface area contributed by atoms with Gasteiger partial charge in [0.25, 0.3) is 0 Å². The molecule has 8 nitrogen and oxygen atoms in total. The SMILES string of the molecule is CC(=O)Nc1cc(C)c(S(=O)(=O)N2CCCC2c2ccnc3cc(C)nn23)cc1C. The lowest BCUT2D eigenvalue weighted by atomic mass is 10.1. The second-order valence-electron chi connectivity index (χ2n) is 7.81. The molecular formula is C21H25N5O3S. The summed E-state index contributed by atoms with van der Waals surface area (Å²) in [5.74, 6) is -0.191. The van der Waals surface area contributed by atoms with Gasteiger partial charge >= 0.3 is 0 Å². The first-order valence-corrected chi connectivity index (χ1v) is 11.3. The van der Waals surface area contributed by atoms with E-state index >= 15 is 0 Å². The van der Waals surface area contributed by atoms with Crippen molar-refractivity contribution in [2.24, 2.45) is 0 Å². The van der Waals surface area contributed by atoms with Gasteiger partial charge in [-0.1, -0.05) is 0 Å². The topological polar surface area (TPSA) is 96.7 Å². The Morgan fingerprint density at radius 2 is 1.93 bits per heavy atom. The second-order valence-corrected chi connectivity index (χ2v) is 9.67. The molecule has 9 heteroatoms. The van der Waals surface area contributed by atoms with E-state index in [0.29, 0.717) is 29.0 Å². The highest BCUT2D eigenvalue weighted by Crippen LogP contribution is 2.38. The van der Waals surface area contributed by atoms with Crippen LogP contribution in [0.2, 0.25) is 0 Å². The van der Waals surface area contributed by atoms with Gasteiger partial charge in [-0.3, -0.25) is 4.79 Å². The van der Waals surface area contributed by atoms with Crippen molar-refractivity contribution in [2.75, 3.05) is 11.9 Å². The quantitative estimate of drug-likeness (QED) is 0.690. The van der Waals surface area contributed by atoms with Gasteiger partial charge < -0.3 is 5.32 Å². The van der Waals surface area contributed by atoms with E-state index in [1.165, 1.54) is 6.92 Å². The summed E-state index contributed by atoms with van der Waals surface area (Å²) < 4.78 is 30.6. The Morgan fingerprint density at radius 1 is 1.17 bits per heavy atom. The molecule has 1 unspecified atom stereocenters. The van der Waals surface area contributed by atoms with Gasteiger partial charge in [0.15, 0.2) is 5.65 Å². The highest BCUT2D eigenvalue weighted by Gasteiger charge is 2.38. The highest BCUT2D eigenvalue weighted by molar-refractivity contribution is 7.89. The third kappa shape index (κ3) is 3.48. The molecule has 1 aliphatic rings. The van der Waals surface area contributed by atoms with E-state index in [-0.39, 0.29) is 16.8 Å². The molecule has 2 aromatic heterocycles. The maximum absolute atomic E-state index is 13.7. The van der Waals surface area contributed by atoms with Crippen molar-refractivity contribution in [3.8, 4) is 0 Å². The third-order valence-corrected chi connectivity index (χ3v) is 7.52. The Bertz CT molecular complexity index is 1250. The molecule has 0 saturated carbocycles. The lowest BCUT2D eigenvalue weighted by Crippen LogP contribution is -2.32. The first-order chi connectivity index (χ1) is 14.2. The number of aryl methyl sites for hydroxylation is 3. The number of aromatic nitrogens is 3. The summed E-state index contributed by atoms with van der Waals surface area (Å²) in [5.41, 5.74) is 4.30. The van der Waals surface area contributed by atoms with Gasteiger partial charge in [-0.15, -0.1) is 0 Å². The largest absolute Gasteiger partial charge is 0.326 e. The molecule has 1 fully saturated rings. The average molecular weight is 428 g/mol. The number of carbonyl (C=O) groups is 1. The molecule has 4 rings (SSSR count). The van der Waals surface area contributed by atoms with Gasteiger partial charge in [0.1, 0.15) is 0 Å². The predicted molar refractivity (Wildman–Crippen MR) is 114 cm³/mol. The standard InChI is InChI=1S/C21H25N5O3S/c1-13-11-20(14(2)10-17(13)23-16(4)27)30(28,29)25-9-5-6-18(25)19-7-8-22-21-12-15(3)24-26(19)21/h7-8,10-12,18H,5-6,9H2,1-4H3,(H,23,27). The summed E-state index contributed by atoms with van der Waals surface area (Å²) in [7, 11) is -3.74. The molecule has 1 saturated heterocycles. The van der Waals surface area contributed by atoms with Crippen LogP contribution in [-0.4, -0.2) is 39.8 Å². The summed E-state index contributed by atoms with van der Waals surface area (Å²) >= 11 is 0. The number of hydrogen-bond donors (Lipinski definition) is 1. The number of sulfonamides is 1. The van der Waals surface area contributed by atoms with Crippen molar-refractivity contribution in [1.82, 2.24) is 18.9 Å². The minimum atomic E-state index is -3.74. The maximum atomic E-state index is 13.7. The summed E-state index contributed by atoms with van der Waals surface area (Å²) in [6.07, 6.45) is 3.20. The second kappa shape index (κ2) is 7.48. The van der Waals surface area contributed by atoms with Crippen LogP contribution in [0.4, 0.5) is 5.69 Å². The molecule has 158 valence electrons. The molecular weight excluding hydrogens is 402 g/mol. The summed E-state index contributed by atoms with van der Waals surface area (Å²) in [6, 6.07) is 6.78. The van der Waals surface area contributed by atoms with Gasteiger partial charge in [-0.2, -0.15) is 9.40 Å². The van der Waals surface area contributed by atoms with Crippen molar-refractivity contribution >= 4 is 27.3 Å². The summed E-state index contributed by atoms with van der Waals surface area (Å²) in [6.45, 7) is 7.32. The first-order valence-electron chi connectivity index (χ1n) is 9.90. The van der Waals surface area contributed by atoms with Crippen molar-refractivity contribution in [3.63, 3.8) is 0 Å². The number of nitrogens with one attached hydrogen (secondary N) is 1. The number of anilines is 1. The number of benzene rings is 1. The highest BCUT2D eigenvalue weighted by atomic mass is 32.2. The molecule has 3 heterocycles.